The minimum absolute atomic E-state index is 0.00987. The number of nitrogens with zero attached hydrogens (tertiary/aromatic N) is 4. The molecule has 1 unspecified atom stereocenters. The SMILES string of the molecule is C=CC(=O)N1CCCC(c2cc(Nc3nc(C)cc(C)n3)cc(C)n2)C1. The molecule has 1 saturated heterocycles. The lowest BCUT2D eigenvalue weighted by Gasteiger charge is -2.32. The molecule has 1 atom stereocenters. The van der Waals surface area contributed by atoms with Crippen LogP contribution in [-0.4, -0.2) is 38.8 Å². The number of pyridine rings is 1. The molecule has 6 nitrogen and oxygen atoms in total. The standard InChI is InChI=1S/C20H25N5O/c1-5-19(26)25-8-6-7-16(12-25)18-11-17(10-15(4)21-18)24-20-22-13(2)9-14(3)23-20/h5,9-11,16H,1,6-8,12H2,2-4H3,(H,21,22,23,24). The summed E-state index contributed by atoms with van der Waals surface area (Å²) in [6, 6.07) is 5.97. The van der Waals surface area contributed by atoms with E-state index >= 15 is 0 Å². The number of hydrogen-bond donors (Lipinski definition) is 1. The largest absolute Gasteiger partial charge is 0.339 e. The van der Waals surface area contributed by atoms with Crippen molar-refractivity contribution in [1.29, 1.82) is 0 Å². The Kier molecular flexibility index (Phi) is 5.30. The first-order valence-corrected chi connectivity index (χ1v) is 8.94. The highest BCUT2D eigenvalue weighted by molar-refractivity contribution is 5.87. The molecule has 0 aliphatic carbocycles. The molecule has 0 radical (unpaired) electrons. The summed E-state index contributed by atoms with van der Waals surface area (Å²) in [5.74, 6) is 0.809. The Balaban J connectivity index is 1.83. The van der Waals surface area contributed by atoms with Crippen molar-refractivity contribution >= 4 is 17.5 Å². The summed E-state index contributed by atoms with van der Waals surface area (Å²) in [6.45, 7) is 10.9. The Morgan fingerprint density at radius 1 is 1.15 bits per heavy atom. The van der Waals surface area contributed by atoms with E-state index in [0.717, 1.165) is 47.8 Å². The molecular formula is C20H25N5O. The zero-order valence-electron chi connectivity index (χ0n) is 15.6. The van der Waals surface area contributed by atoms with Gasteiger partial charge in [-0.25, -0.2) is 9.97 Å². The quantitative estimate of drug-likeness (QED) is 0.855. The van der Waals surface area contributed by atoms with E-state index in [1.165, 1.54) is 6.08 Å². The van der Waals surface area contributed by atoms with Crippen LogP contribution in [0.25, 0.3) is 0 Å². The van der Waals surface area contributed by atoms with Crippen molar-refractivity contribution in [3.05, 3.63) is 53.6 Å². The molecule has 0 bridgehead atoms. The summed E-state index contributed by atoms with van der Waals surface area (Å²) in [6.07, 6.45) is 3.39. The van der Waals surface area contributed by atoms with Crippen molar-refractivity contribution in [3.8, 4) is 0 Å². The van der Waals surface area contributed by atoms with Crippen LogP contribution in [-0.2, 0) is 4.79 Å². The van der Waals surface area contributed by atoms with E-state index in [1.54, 1.807) is 0 Å². The molecule has 26 heavy (non-hydrogen) atoms. The zero-order valence-corrected chi connectivity index (χ0v) is 15.6. The number of nitrogens with one attached hydrogen (secondary N) is 1. The van der Waals surface area contributed by atoms with Crippen LogP contribution in [0.1, 0.15) is 41.5 Å². The Hall–Kier alpha value is -2.76. The van der Waals surface area contributed by atoms with Crippen molar-refractivity contribution < 1.29 is 4.79 Å². The van der Waals surface area contributed by atoms with Gasteiger partial charge in [0.25, 0.3) is 0 Å². The lowest BCUT2D eigenvalue weighted by Crippen LogP contribution is -2.38. The number of anilines is 2. The van der Waals surface area contributed by atoms with E-state index in [1.807, 2.05) is 43.9 Å². The smallest absolute Gasteiger partial charge is 0.245 e. The van der Waals surface area contributed by atoms with Crippen LogP contribution in [0.3, 0.4) is 0 Å². The van der Waals surface area contributed by atoms with Gasteiger partial charge in [-0.15, -0.1) is 0 Å². The van der Waals surface area contributed by atoms with Crippen molar-refractivity contribution in [2.75, 3.05) is 18.4 Å². The molecule has 1 aliphatic heterocycles. The molecule has 136 valence electrons. The van der Waals surface area contributed by atoms with Crippen LogP contribution in [0, 0.1) is 20.8 Å². The molecule has 3 rings (SSSR count). The second-order valence-electron chi connectivity index (χ2n) is 6.85. The third kappa shape index (κ3) is 4.25. The Bertz CT molecular complexity index is 813. The third-order valence-corrected chi connectivity index (χ3v) is 4.54. The minimum Gasteiger partial charge on any atom is -0.339 e. The number of carbonyl (C=O) groups excluding carboxylic acids is 1. The molecule has 6 heteroatoms. The molecule has 2 aromatic rings. The van der Waals surface area contributed by atoms with Crippen molar-refractivity contribution in [2.24, 2.45) is 0 Å². The minimum atomic E-state index is -0.00987. The number of aryl methyl sites for hydroxylation is 3. The van der Waals surface area contributed by atoms with Crippen LogP contribution in [0.5, 0.6) is 0 Å². The highest BCUT2D eigenvalue weighted by atomic mass is 16.2. The fourth-order valence-corrected chi connectivity index (χ4v) is 3.43. The van der Waals surface area contributed by atoms with E-state index < -0.39 is 0 Å². The van der Waals surface area contributed by atoms with Gasteiger partial charge < -0.3 is 10.2 Å². The molecule has 3 heterocycles. The van der Waals surface area contributed by atoms with Gasteiger partial charge in [-0.05, 0) is 57.9 Å². The predicted octanol–water partition coefficient (Wildman–Crippen LogP) is 3.43. The van der Waals surface area contributed by atoms with Crippen molar-refractivity contribution in [3.63, 3.8) is 0 Å². The lowest BCUT2D eigenvalue weighted by molar-refractivity contribution is -0.127. The van der Waals surface area contributed by atoms with Gasteiger partial charge in [-0.2, -0.15) is 0 Å². The summed E-state index contributed by atoms with van der Waals surface area (Å²) in [5, 5.41) is 3.29. The Morgan fingerprint density at radius 3 is 2.54 bits per heavy atom. The maximum atomic E-state index is 11.9. The topological polar surface area (TPSA) is 71.0 Å². The van der Waals surface area contributed by atoms with E-state index in [0.29, 0.717) is 12.5 Å². The fraction of sp³-hybridized carbons (Fsp3) is 0.400. The molecule has 0 aromatic carbocycles. The number of hydrogen-bond acceptors (Lipinski definition) is 5. The summed E-state index contributed by atoms with van der Waals surface area (Å²) in [4.78, 5) is 27.4. The van der Waals surface area contributed by atoms with E-state index in [-0.39, 0.29) is 11.8 Å². The third-order valence-electron chi connectivity index (χ3n) is 4.54. The summed E-state index contributed by atoms with van der Waals surface area (Å²) < 4.78 is 0. The number of rotatable bonds is 4. The molecule has 0 spiro atoms. The van der Waals surface area contributed by atoms with Gasteiger partial charge in [-0.3, -0.25) is 9.78 Å². The van der Waals surface area contributed by atoms with Gasteiger partial charge in [0, 0.05) is 47.5 Å². The zero-order chi connectivity index (χ0) is 18.7. The molecule has 1 amide bonds. The predicted molar refractivity (Wildman–Crippen MR) is 103 cm³/mol. The molecule has 1 fully saturated rings. The summed E-state index contributed by atoms with van der Waals surface area (Å²) in [7, 11) is 0. The maximum Gasteiger partial charge on any atom is 0.245 e. The average Bonchev–Trinajstić information content (AvgIpc) is 2.59. The summed E-state index contributed by atoms with van der Waals surface area (Å²) in [5.41, 5.74) is 4.71. The monoisotopic (exact) mass is 351 g/mol. The number of amides is 1. The fourth-order valence-electron chi connectivity index (χ4n) is 3.43. The highest BCUT2D eigenvalue weighted by Crippen LogP contribution is 2.28. The van der Waals surface area contributed by atoms with Gasteiger partial charge in [0.05, 0.1) is 0 Å². The maximum absolute atomic E-state index is 11.9. The van der Waals surface area contributed by atoms with Crippen LogP contribution in [0.4, 0.5) is 11.6 Å². The van der Waals surface area contributed by atoms with E-state index in [4.69, 9.17) is 4.98 Å². The molecule has 0 saturated carbocycles. The van der Waals surface area contributed by atoms with Gasteiger partial charge >= 0.3 is 0 Å². The Labute approximate surface area is 154 Å². The van der Waals surface area contributed by atoms with Gasteiger partial charge in [-0.1, -0.05) is 6.58 Å². The molecular weight excluding hydrogens is 326 g/mol. The summed E-state index contributed by atoms with van der Waals surface area (Å²) >= 11 is 0. The van der Waals surface area contributed by atoms with Crippen molar-refractivity contribution in [2.45, 2.75) is 39.5 Å². The Morgan fingerprint density at radius 2 is 1.85 bits per heavy atom. The van der Waals surface area contributed by atoms with E-state index in [9.17, 15) is 4.79 Å². The molecule has 1 aliphatic rings. The first kappa shape index (κ1) is 18.0. The lowest BCUT2D eigenvalue weighted by atomic mass is 9.93. The van der Waals surface area contributed by atoms with E-state index in [2.05, 4.69) is 21.9 Å². The second-order valence-corrected chi connectivity index (χ2v) is 6.85. The second kappa shape index (κ2) is 7.64. The number of piperidine rings is 1. The number of likely N-dealkylation sites (tertiary alicyclic amines) is 1. The first-order valence-electron chi connectivity index (χ1n) is 8.94. The van der Waals surface area contributed by atoms with Crippen LogP contribution < -0.4 is 5.32 Å². The van der Waals surface area contributed by atoms with Crippen molar-refractivity contribution in [1.82, 2.24) is 19.9 Å². The van der Waals surface area contributed by atoms with Crippen LogP contribution >= 0.6 is 0 Å². The number of carbonyl (C=O) groups is 1. The van der Waals surface area contributed by atoms with Crippen LogP contribution in [0.2, 0.25) is 0 Å². The average molecular weight is 351 g/mol. The normalized spacial score (nSPS) is 17.0. The molecule has 2 aromatic heterocycles. The molecule has 1 N–H and O–H groups in total. The van der Waals surface area contributed by atoms with Gasteiger partial charge in [0.2, 0.25) is 11.9 Å². The highest BCUT2D eigenvalue weighted by Gasteiger charge is 2.24. The number of aromatic nitrogens is 3. The first-order chi connectivity index (χ1) is 12.4. The van der Waals surface area contributed by atoms with Gasteiger partial charge in [0.15, 0.2) is 0 Å². The van der Waals surface area contributed by atoms with Crippen LogP contribution in [0.15, 0.2) is 30.9 Å². The van der Waals surface area contributed by atoms with Gasteiger partial charge in [0.1, 0.15) is 0 Å².